The first-order valence-electron chi connectivity index (χ1n) is 7.21. The maximum atomic E-state index is 8.99. The Bertz CT molecular complexity index is 333. The minimum Gasteiger partial charge on any atom is -0.375 e. The third-order valence-corrected chi connectivity index (χ3v) is 4.74. The first-order valence-corrected chi connectivity index (χ1v) is 7.21. The van der Waals surface area contributed by atoms with Crippen LogP contribution < -0.4 is 0 Å². The van der Waals surface area contributed by atoms with Gasteiger partial charge in [0.15, 0.2) is 6.10 Å². The lowest BCUT2D eigenvalue weighted by Gasteiger charge is -2.44. The number of ether oxygens (including phenoxy) is 2. The van der Waals surface area contributed by atoms with E-state index in [9.17, 15) is 0 Å². The van der Waals surface area contributed by atoms with Crippen molar-refractivity contribution in [3.05, 3.63) is 0 Å². The van der Waals surface area contributed by atoms with E-state index in [1.165, 1.54) is 25.7 Å². The highest BCUT2D eigenvalue weighted by Crippen LogP contribution is 2.41. The number of nitrogens with zero attached hydrogens (tertiary/aromatic N) is 2. The van der Waals surface area contributed by atoms with Crippen LogP contribution in [0, 0.1) is 11.3 Å². The highest BCUT2D eigenvalue weighted by Gasteiger charge is 2.42. The molecule has 1 spiro atoms. The molecule has 2 unspecified atom stereocenters. The molecule has 0 aromatic rings. The molecule has 4 heteroatoms. The number of nitriles is 1. The van der Waals surface area contributed by atoms with Gasteiger partial charge >= 0.3 is 0 Å². The zero-order valence-electron chi connectivity index (χ0n) is 10.9. The monoisotopic (exact) mass is 250 g/mol. The molecule has 0 bridgehead atoms. The van der Waals surface area contributed by atoms with E-state index < -0.39 is 0 Å². The fourth-order valence-corrected chi connectivity index (χ4v) is 3.76. The van der Waals surface area contributed by atoms with Crippen molar-refractivity contribution >= 4 is 0 Å². The molecule has 2 atom stereocenters. The van der Waals surface area contributed by atoms with Crippen LogP contribution in [0.15, 0.2) is 0 Å². The van der Waals surface area contributed by atoms with Crippen LogP contribution in [-0.4, -0.2) is 49.0 Å². The summed E-state index contributed by atoms with van der Waals surface area (Å²) in [4.78, 5) is 2.46. The van der Waals surface area contributed by atoms with Crippen LogP contribution in [0.4, 0.5) is 0 Å². The second-order valence-corrected chi connectivity index (χ2v) is 5.87. The number of rotatable bonds is 1. The van der Waals surface area contributed by atoms with Crippen molar-refractivity contribution in [3.63, 3.8) is 0 Å². The molecule has 3 aliphatic rings. The van der Waals surface area contributed by atoms with Crippen molar-refractivity contribution in [1.29, 1.82) is 5.26 Å². The molecule has 0 amide bonds. The lowest BCUT2D eigenvalue weighted by atomic mass is 9.88. The van der Waals surface area contributed by atoms with E-state index >= 15 is 0 Å². The fourth-order valence-electron chi connectivity index (χ4n) is 3.76. The van der Waals surface area contributed by atoms with Crippen molar-refractivity contribution in [2.75, 3.05) is 26.3 Å². The topological polar surface area (TPSA) is 45.5 Å². The van der Waals surface area contributed by atoms with Gasteiger partial charge in [-0.25, -0.2) is 0 Å². The molecule has 4 nitrogen and oxygen atoms in total. The Morgan fingerprint density at radius 3 is 2.83 bits per heavy atom. The van der Waals surface area contributed by atoms with Gasteiger partial charge in [0.25, 0.3) is 0 Å². The molecule has 0 aromatic heterocycles. The van der Waals surface area contributed by atoms with Gasteiger partial charge in [0, 0.05) is 25.7 Å². The fraction of sp³-hybridized carbons (Fsp3) is 0.929. The van der Waals surface area contributed by atoms with E-state index in [2.05, 4.69) is 11.0 Å². The standard InChI is InChI=1S/C14H22N2O2/c15-10-13-11-16(6-8-17-13)12-3-7-18-14(9-12)4-1-2-5-14/h12-13H,1-9,11H2. The van der Waals surface area contributed by atoms with Crippen LogP contribution in [0.3, 0.4) is 0 Å². The quantitative estimate of drug-likeness (QED) is 0.710. The minimum atomic E-state index is -0.235. The van der Waals surface area contributed by atoms with E-state index in [1.54, 1.807) is 0 Å². The molecule has 3 fully saturated rings. The van der Waals surface area contributed by atoms with Crippen LogP contribution >= 0.6 is 0 Å². The van der Waals surface area contributed by atoms with Crippen molar-refractivity contribution in [2.45, 2.75) is 56.3 Å². The molecule has 2 heterocycles. The van der Waals surface area contributed by atoms with Crippen LogP contribution in [-0.2, 0) is 9.47 Å². The number of hydrogen-bond acceptors (Lipinski definition) is 4. The zero-order valence-corrected chi connectivity index (χ0v) is 10.9. The summed E-state index contributed by atoms with van der Waals surface area (Å²) < 4.78 is 11.5. The van der Waals surface area contributed by atoms with E-state index in [0.717, 1.165) is 32.5 Å². The Kier molecular flexibility index (Phi) is 3.56. The maximum Gasteiger partial charge on any atom is 0.156 e. The first kappa shape index (κ1) is 12.4. The average Bonchev–Trinajstić information content (AvgIpc) is 2.87. The number of hydrogen-bond donors (Lipinski definition) is 0. The lowest BCUT2D eigenvalue weighted by Crippen LogP contribution is -2.52. The minimum absolute atomic E-state index is 0.170. The maximum absolute atomic E-state index is 8.99. The summed E-state index contributed by atoms with van der Waals surface area (Å²) >= 11 is 0. The van der Waals surface area contributed by atoms with Gasteiger partial charge in [-0.2, -0.15) is 5.26 Å². The molecule has 18 heavy (non-hydrogen) atoms. The molecular weight excluding hydrogens is 228 g/mol. The molecule has 1 saturated carbocycles. The van der Waals surface area contributed by atoms with E-state index in [0.29, 0.717) is 12.6 Å². The van der Waals surface area contributed by atoms with Crippen LogP contribution in [0.5, 0.6) is 0 Å². The van der Waals surface area contributed by atoms with Gasteiger partial charge < -0.3 is 9.47 Å². The summed E-state index contributed by atoms with van der Waals surface area (Å²) in [7, 11) is 0. The van der Waals surface area contributed by atoms with Crippen molar-refractivity contribution in [1.82, 2.24) is 4.90 Å². The van der Waals surface area contributed by atoms with Crippen molar-refractivity contribution in [2.24, 2.45) is 0 Å². The average molecular weight is 250 g/mol. The Hall–Kier alpha value is -0.630. The number of morpholine rings is 1. The van der Waals surface area contributed by atoms with Gasteiger partial charge in [-0.15, -0.1) is 0 Å². The summed E-state index contributed by atoms with van der Waals surface area (Å²) in [5.41, 5.74) is 0.170. The van der Waals surface area contributed by atoms with E-state index in [4.69, 9.17) is 14.7 Å². The van der Waals surface area contributed by atoms with Crippen molar-refractivity contribution in [3.8, 4) is 6.07 Å². The third-order valence-electron chi connectivity index (χ3n) is 4.74. The predicted molar refractivity (Wildman–Crippen MR) is 67.1 cm³/mol. The third kappa shape index (κ3) is 2.40. The Morgan fingerprint density at radius 1 is 1.22 bits per heavy atom. The molecule has 2 saturated heterocycles. The van der Waals surface area contributed by atoms with E-state index in [1.807, 2.05) is 0 Å². The van der Waals surface area contributed by atoms with E-state index in [-0.39, 0.29) is 11.7 Å². The van der Waals surface area contributed by atoms with Crippen LogP contribution in [0.25, 0.3) is 0 Å². The van der Waals surface area contributed by atoms with Crippen molar-refractivity contribution < 1.29 is 9.47 Å². The second kappa shape index (κ2) is 5.16. The molecule has 100 valence electrons. The Balaban J connectivity index is 1.63. The Morgan fingerprint density at radius 2 is 2.06 bits per heavy atom. The molecule has 2 aliphatic heterocycles. The van der Waals surface area contributed by atoms with Gasteiger partial charge in [0.1, 0.15) is 0 Å². The lowest BCUT2D eigenvalue weighted by molar-refractivity contribution is -0.116. The van der Waals surface area contributed by atoms with Gasteiger partial charge in [-0.3, -0.25) is 4.90 Å². The molecule has 1 aliphatic carbocycles. The molecular formula is C14H22N2O2. The van der Waals surface area contributed by atoms with Crippen LogP contribution in [0.2, 0.25) is 0 Å². The zero-order chi connectivity index (χ0) is 12.4. The SMILES string of the molecule is N#CC1CN(C2CCOC3(CCCC3)C2)CCO1. The largest absolute Gasteiger partial charge is 0.375 e. The van der Waals surface area contributed by atoms with Gasteiger partial charge in [-0.1, -0.05) is 12.8 Å². The van der Waals surface area contributed by atoms with Gasteiger partial charge in [-0.05, 0) is 25.7 Å². The summed E-state index contributed by atoms with van der Waals surface area (Å²) in [6, 6.07) is 2.83. The highest BCUT2D eigenvalue weighted by atomic mass is 16.5. The molecule has 0 aromatic carbocycles. The molecule has 0 N–H and O–H groups in total. The van der Waals surface area contributed by atoms with Gasteiger partial charge in [0.05, 0.1) is 18.3 Å². The highest BCUT2D eigenvalue weighted by molar-refractivity contribution is 4.97. The summed E-state index contributed by atoms with van der Waals surface area (Å²) in [5, 5.41) is 8.99. The summed E-state index contributed by atoms with van der Waals surface area (Å²) in [6.07, 6.45) is 7.13. The first-order chi connectivity index (χ1) is 8.81. The molecule has 3 rings (SSSR count). The normalized spacial score (nSPS) is 36.6. The second-order valence-electron chi connectivity index (χ2n) is 5.87. The van der Waals surface area contributed by atoms with Gasteiger partial charge in [0.2, 0.25) is 0 Å². The summed E-state index contributed by atoms with van der Waals surface area (Å²) in [6.45, 7) is 3.33. The van der Waals surface area contributed by atoms with Crippen LogP contribution in [0.1, 0.15) is 38.5 Å². The summed E-state index contributed by atoms with van der Waals surface area (Å²) in [5.74, 6) is 0. The smallest absolute Gasteiger partial charge is 0.156 e. The molecule has 0 radical (unpaired) electrons. The predicted octanol–water partition coefficient (Wildman–Crippen LogP) is 1.70. The Labute approximate surface area is 109 Å².